The molecular formula is C20H23F3N4O3. The first-order valence-electron chi connectivity index (χ1n) is 9.53. The number of benzene rings is 1. The van der Waals surface area contributed by atoms with Gasteiger partial charge in [-0.2, -0.15) is 0 Å². The lowest BCUT2D eigenvalue weighted by Crippen LogP contribution is -2.38. The van der Waals surface area contributed by atoms with Gasteiger partial charge in [0.05, 0.1) is 0 Å². The summed E-state index contributed by atoms with van der Waals surface area (Å²) in [5.74, 6) is -0.215. The molecule has 162 valence electrons. The smallest absolute Gasteiger partial charge is 0.406 e. The molecule has 0 spiro atoms. The zero-order chi connectivity index (χ0) is 22.1. The molecule has 10 heteroatoms. The highest BCUT2D eigenvalue weighted by molar-refractivity contribution is 6.03. The van der Waals surface area contributed by atoms with Crippen molar-refractivity contribution in [2.45, 2.75) is 46.0 Å². The number of piperidine rings is 1. The Morgan fingerprint density at radius 2 is 1.87 bits per heavy atom. The lowest BCUT2D eigenvalue weighted by atomic mass is 10.0. The van der Waals surface area contributed by atoms with Crippen molar-refractivity contribution in [3.05, 3.63) is 41.5 Å². The number of hydrogen-bond acceptors (Lipinski definition) is 4. The molecule has 0 atom stereocenters. The van der Waals surface area contributed by atoms with Crippen molar-refractivity contribution in [1.29, 1.82) is 0 Å². The van der Waals surface area contributed by atoms with Gasteiger partial charge in [-0.15, -0.1) is 13.2 Å². The summed E-state index contributed by atoms with van der Waals surface area (Å²) in [6.07, 6.45) is -3.29. The average Bonchev–Trinajstić information content (AvgIpc) is 2.95. The number of likely N-dealkylation sites (tertiary alicyclic amines) is 1. The summed E-state index contributed by atoms with van der Waals surface area (Å²) in [7, 11) is 0. The minimum absolute atomic E-state index is 0.0457. The predicted molar refractivity (Wildman–Crippen MR) is 103 cm³/mol. The minimum Gasteiger partial charge on any atom is -0.406 e. The van der Waals surface area contributed by atoms with Crippen LogP contribution in [-0.2, 0) is 4.79 Å². The first-order valence-corrected chi connectivity index (χ1v) is 9.53. The molecule has 1 aliphatic rings. The van der Waals surface area contributed by atoms with Gasteiger partial charge in [0, 0.05) is 43.5 Å². The van der Waals surface area contributed by atoms with Crippen molar-refractivity contribution in [2.75, 3.05) is 18.4 Å². The Kier molecular flexibility index (Phi) is 6.04. The van der Waals surface area contributed by atoms with Crippen molar-refractivity contribution in [1.82, 2.24) is 14.5 Å². The molecule has 2 heterocycles. The fourth-order valence-corrected chi connectivity index (χ4v) is 3.81. The standard InChI is InChI=1S/C20H23F3N4O3/c1-12-18(19(29)25-15-5-4-6-17(11-15)30-20(21,22)23)24-13(2)27(12)16-7-9-26(10-8-16)14(3)28/h4-6,11,16H,7-10H2,1-3H3,(H,25,29). The van der Waals surface area contributed by atoms with Crippen molar-refractivity contribution in [3.63, 3.8) is 0 Å². The van der Waals surface area contributed by atoms with E-state index in [4.69, 9.17) is 0 Å². The molecule has 0 saturated carbocycles. The molecule has 1 N–H and O–H groups in total. The Morgan fingerprint density at radius 1 is 1.20 bits per heavy atom. The zero-order valence-corrected chi connectivity index (χ0v) is 16.9. The Balaban J connectivity index is 1.74. The van der Waals surface area contributed by atoms with Gasteiger partial charge >= 0.3 is 6.36 Å². The maximum Gasteiger partial charge on any atom is 0.573 e. The van der Waals surface area contributed by atoms with Crippen molar-refractivity contribution >= 4 is 17.5 Å². The van der Waals surface area contributed by atoms with Crippen molar-refractivity contribution < 1.29 is 27.5 Å². The number of aromatic nitrogens is 2. The van der Waals surface area contributed by atoms with Gasteiger partial charge in [0.2, 0.25) is 5.91 Å². The van der Waals surface area contributed by atoms with Gasteiger partial charge < -0.3 is 19.5 Å². The van der Waals surface area contributed by atoms with E-state index in [0.717, 1.165) is 25.0 Å². The number of alkyl halides is 3. The monoisotopic (exact) mass is 424 g/mol. The number of carbonyl (C=O) groups excluding carboxylic acids is 2. The topological polar surface area (TPSA) is 76.5 Å². The van der Waals surface area contributed by atoms with Crippen molar-refractivity contribution in [3.8, 4) is 5.75 Å². The summed E-state index contributed by atoms with van der Waals surface area (Å²) < 4.78 is 43.1. The van der Waals surface area contributed by atoms with Crippen LogP contribution in [0.5, 0.6) is 5.75 Å². The van der Waals surface area contributed by atoms with Crippen LogP contribution < -0.4 is 10.1 Å². The van der Waals surface area contributed by atoms with E-state index in [2.05, 4.69) is 15.0 Å². The van der Waals surface area contributed by atoms with Gasteiger partial charge in [-0.05, 0) is 38.8 Å². The van der Waals surface area contributed by atoms with Gasteiger partial charge in [-0.25, -0.2) is 4.98 Å². The SMILES string of the molecule is CC(=O)N1CCC(n2c(C)nc(C(=O)Nc3cccc(OC(F)(F)F)c3)c2C)CC1. The van der Waals surface area contributed by atoms with Crippen LogP contribution in [0.4, 0.5) is 18.9 Å². The van der Waals surface area contributed by atoms with E-state index in [9.17, 15) is 22.8 Å². The number of imidazole rings is 1. The summed E-state index contributed by atoms with van der Waals surface area (Å²) in [5.41, 5.74) is 1.06. The van der Waals surface area contributed by atoms with Crippen LogP contribution in [0.15, 0.2) is 24.3 Å². The average molecular weight is 424 g/mol. The maximum absolute atomic E-state index is 12.7. The lowest BCUT2D eigenvalue weighted by molar-refractivity contribution is -0.274. The fraction of sp³-hybridized carbons (Fsp3) is 0.450. The highest BCUT2D eigenvalue weighted by Gasteiger charge is 2.31. The highest BCUT2D eigenvalue weighted by atomic mass is 19.4. The zero-order valence-electron chi connectivity index (χ0n) is 16.9. The molecule has 0 unspecified atom stereocenters. The van der Waals surface area contributed by atoms with Crippen LogP contribution >= 0.6 is 0 Å². The summed E-state index contributed by atoms with van der Waals surface area (Å²) in [6, 6.07) is 5.20. The van der Waals surface area contributed by atoms with Crippen LogP contribution in [0.2, 0.25) is 0 Å². The largest absolute Gasteiger partial charge is 0.573 e. The van der Waals surface area contributed by atoms with Crippen LogP contribution in [0.1, 0.15) is 47.8 Å². The summed E-state index contributed by atoms with van der Waals surface area (Å²) in [5, 5.41) is 2.58. The predicted octanol–water partition coefficient (Wildman–Crippen LogP) is 3.83. The molecular weight excluding hydrogens is 401 g/mol. The third-order valence-electron chi connectivity index (χ3n) is 5.14. The third kappa shape index (κ3) is 4.92. The van der Waals surface area contributed by atoms with Gasteiger partial charge in [0.1, 0.15) is 17.3 Å². The molecule has 0 aliphatic carbocycles. The van der Waals surface area contributed by atoms with Crippen LogP contribution in [0, 0.1) is 13.8 Å². The van der Waals surface area contributed by atoms with E-state index in [-0.39, 0.29) is 23.3 Å². The second kappa shape index (κ2) is 8.37. The van der Waals surface area contributed by atoms with Crippen LogP contribution in [0.25, 0.3) is 0 Å². The molecule has 3 rings (SSSR count). The molecule has 30 heavy (non-hydrogen) atoms. The molecule has 2 aromatic rings. The van der Waals surface area contributed by atoms with E-state index < -0.39 is 18.0 Å². The first-order chi connectivity index (χ1) is 14.0. The molecule has 7 nitrogen and oxygen atoms in total. The minimum atomic E-state index is -4.81. The van der Waals surface area contributed by atoms with E-state index >= 15 is 0 Å². The number of ether oxygens (including phenoxy) is 1. The molecule has 1 saturated heterocycles. The van der Waals surface area contributed by atoms with E-state index in [1.54, 1.807) is 25.7 Å². The van der Waals surface area contributed by atoms with E-state index in [1.165, 1.54) is 12.1 Å². The molecule has 1 aromatic carbocycles. The molecule has 0 bridgehead atoms. The number of amides is 2. The number of nitrogens with zero attached hydrogens (tertiary/aromatic N) is 3. The highest BCUT2D eigenvalue weighted by Crippen LogP contribution is 2.28. The van der Waals surface area contributed by atoms with E-state index in [0.29, 0.717) is 24.6 Å². The molecule has 1 aromatic heterocycles. The van der Waals surface area contributed by atoms with Crippen molar-refractivity contribution in [2.24, 2.45) is 0 Å². The number of carbonyl (C=O) groups is 2. The summed E-state index contributed by atoms with van der Waals surface area (Å²) in [6.45, 7) is 6.43. The normalized spacial score (nSPS) is 15.2. The molecule has 1 aliphatic heterocycles. The Labute approximate surface area is 171 Å². The molecule has 0 radical (unpaired) electrons. The molecule has 2 amide bonds. The van der Waals surface area contributed by atoms with Gasteiger partial charge in [0.15, 0.2) is 0 Å². The number of anilines is 1. The maximum atomic E-state index is 12.7. The second-order valence-electron chi connectivity index (χ2n) is 7.23. The quantitative estimate of drug-likeness (QED) is 0.809. The van der Waals surface area contributed by atoms with Crippen LogP contribution in [0.3, 0.4) is 0 Å². The van der Waals surface area contributed by atoms with Gasteiger partial charge in [-0.1, -0.05) is 6.07 Å². The third-order valence-corrected chi connectivity index (χ3v) is 5.14. The van der Waals surface area contributed by atoms with Gasteiger partial charge in [-0.3, -0.25) is 9.59 Å². The number of halogens is 3. The number of aryl methyl sites for hydroxylation is 1. The second-order valence-corrected chi connectivity index (χ2v) is 7.23. The Bertz CT molecular complexity index is 947. The van der Waals surface area contributed by atoms with E-state index in [1.807, 2.05) is 4.57 Å². The number of hydrogen-bond donors (Lipinski definition) is 1. The van der Waals surface area contributed by atoms with Crippen LogP contribution in [-0.4, -0.2) is 45.7 Å². The van der Waals surface area contributed by atoms with Gasteiger partial charge in [0.25, 0.3) is 5.91 Å². The summed E-state index contributed by atoms with van der Waals surface area (Å²) >= 11 is 0. The fourth-order valence-electron chi connectivity index (χ4n) is 3.81. The molecule has 1 fully saturated rings. The lowest BCUT2D eigenvalue weighted by Gasteiger charge is -2.33. The number of nitrogens with one attached hydrogen (secondary N) is 1. The Morgan fingerprint density at radius 3 is 2.47 bits per heavy atom. The Hall–Kier alpha value is -3.04. The summed E-state index contributed by atoms with van der Waals surface area (Å²) in [4.78, 5) is 30.4. The first kappa shape index (κ1) is 21.7. The number of rotatable bonds is 4.